The van der Waals surface area contributed by atoms with Gasteiger partial charge in [-0.2, -0.15) is 0 Å². The molecule has 2 heteroatoms. The summed E-state index contributed by atoms with van der Waals surface area (Å²) in [6.45, 7) is 2.69. The maximum atomic E-state index is 3.67. The topological polar surface area (TPSA) is 15.3 Å². The minimum Gasteiger partial charge on any atom is -0.315 e. The smallest absolute Gasteiger partial charge is 0.0220 e. The van der Waals surface area contributed by atoms with Gasteiger partial charge in [-0.3, -0.25) is 4.90 Å². The average molecular weight is 278 g/mol. The van der Waals surface area contributed by atoms with Gasteiger partial charge in [-0.25, -0.2) is 0 Å². The number of hydrogen-bond donors (Lipinski definition) is 1. The number of rotatable bonds is 4. The summed E-state index contributed by atoms with van der Waals surface area (Å²) >= 11 is 0. The summed E-state index contributed by atoms with van der Waals surface area (Å²) < 4.78 is 0. The van der Waals surface area contributed by atoms with E-state index in [0.29, 0.717) is 0 Å². The molecule has 3 rings (SSSR count). The van der Waals surface area contributed by atoms with Crippen LogP contribution in [0.5, 0.6) is 0 Å². The summed E-state index contributed by atoms with van der Waals surface area (Å²) in [5, 5.41) is 3.67. The molecule has 2 saturated carbocycles. The first-order valence-electron chi connectivity index (χ1n) is 9.30. The van der Waals surface area contributed by atoms with Crippen molar-refractivity contribution in [2.24, 2.45) is 11.8 Å². The van der Waals surface area contributed by atoms with Crippen LogP contribution in [-0.2, 0) is 0 Å². The second kappa shape index (κ2) is 7.26. The van der Waals surface area contributed by atoms with E-state index >= 15 is 0 Å². The number of fused-ring (bicyclic) bond motifs is 1. The predicted molar refractivity (Wildman–Crippen MR) is 86.0 cm³/mol. The Morgan fingerprint density at radius 1 is 0.900 bits per heavy atom. The molecule has 0 aromatic rings. The van der Waals surface area contributed by atoms with E-state index in [1.165, 1.54) is 83.7 Å². The number of hydrogen-bond acceptors (Lipinski definition) is 2. The first-order valence-corrected chi connectivity index (χ1v) is 9.30. The Kier molecular flexibility index (Phi) is 5.39. The third-order valence-corrected chi connectivity index (χ3v) is 6.38. The van der Waals surface area contributed by atoms with Crippen LogP contribution in [-0.4, -0.2) is 37.1 Å². The Morgan fingerprint density at radius 2 is 1.60 bits per heavy atom. The van der Waals surface area contributed by atoms with E-state index in [0.717, 1.165) is 23.9 Å². The van der Waals surface area contributed by atoms with Crippen LogP contribution in [0.3, 0.4) is 0 Å². The molecular weight excluding hydrogens is 244 g/mol. The van der Waals surface area contributed by atoms with Crippen LogP contribution < -0.4 is 5.32 Å². The summed E-state index contributed by atoms with van der Waals surface area (Å²) in [6, 6.07) is 1.67. The number of nitrogens with one attached hydrogen (secondary N) is 1. The van der Waals surface area contributed by atoms with Gasteiger partial charge in [-0.15, -0.1) is 0 Å². The van der Waals surface area contributed by atoms with Gasteiger partial charge in [0.1, 0.15) is 0 Å². The van der Waals surface area contributed by atoms with Gasteiger partial charge in [0, 0.05) is 18.6 Å². The predicted octanol–water partition coefficient (Wildman–Crippen LogP) is 3.81. The number of nitrogens with zero attached hydrogens (tertiary/aromatic N) is 1. The highest BCUT2D eigenvalue weighted by atomic mass is 15.2. The fourth-order valence-electron chi connectivity index (χ4n) is 5.22. The Balaban J connectivity index is 1.58. The standard InChI is InChI=1S/C18H34N2/c1-19-17(15-8-3-2-4-9-15)14-20-13-7-11-16-10-5-6-12-18(16)20/h15-19H,2-14H2,1H3. The van der Waals surface area contributed by atoms with E-state index in [9.17, 15) is 0 Å². The molecule has 20 heavy (non-hydrogen) atoms. The van der Waals surface area contributed by atoms with Crippen molar-refractivity contribution in [3.63, 3.8) is 0 Å². The maximum absolute atomic E-state index is 3.67. The average Bonchev–Trinajstić information content (AvgIpc) is 2.53. The van der Waals surface area contributed by atoms with E-state index in [1.54, 1.807) is 0 Å². The molecule has 1 heterocycles. The van der Waals surface area contributed by atoms with Crippen LogP contribution in [0.25, 0.3) is 0 Å². The molecule has 116 valence electrons. The largest absolute Gasteiger partial charge is 0.315 e. The van der Waals surface area contributed by atoms with E-state index in [1.807, 2.05) is 0 Å². The highest BCUT2D eigenvalue weighted by Crippen LogP contribution is 2.36. The molecule has 0 bridgehead atoms. The second-order valence-electron chi connectivity index (χ2n) is 7.54. The van der Waals surface area contributed by atoms with Crippen molar-refractivity contribution in [2.45, 2.75) is 82.7 Å². The minimum atomic E-state index is 0.746. The molecule has 3 unspecified atom stereocenters. The maximum Gasteiger partial charge on any atom is 0.0220 e. The summed E-state index contributed by atoms with van der Waals surface area (Å²) in [7, 11) is 2.20. The minimum absolute atomic E-state index is 0.746. The van der Waals surface area contributed by atoms with Crippen LogP contribution in [0.4, 0.5) is 0 Å². The third-order valence-electron chi connectivity index (χ3n) is 6.38. The zero-order valence-corrected chi connectivity index (χ0v) is 13.4. The van der Waals surface area contributed by atoms with Gasteiger partial charge in [0.25, 0.3) is 0 Å². The lowest BCUT2D eigenvalue weighted by atomic mass is 9.77. The molecule has 0 aromatic heterocycles. The summed E-state index contributed by atoms with van der Waals surface area (Å²) in [6.07, 6.45) is 16.3. The molecular formula is C18H34N2. The number of piperidine rings is 1. The van der Waals surface area contributed by atoms with E-state index < -0.39 is 0 Å². The molecule has 2 nitrogen and oxygen atoms in total. The monoisotopic (exact) mass is 278 g/mol. The Labute approximate surface area is 125 Å². The molecule has 1 aliphatic heterocycles. The zero-order valence-electron chi connectivity index (χ0n) is 13.4. The van der Waals surface area contributed by atoms with Gasteiger partial charge in [0.05, 0.1) is 0 Å². The second-order valence-corrected chi connectivity index (χ2v) is 7.54. The normalized spacial score (nSPS) is 34.6. The molecule has 2 aliphatic carbocycles. The van der Waals surface area contributed by atoms with Crippen molar-refractivity contribution >= 4 is 0 Å². The Hall–Kier alpha value is -0.0800. The lowest BCUT2D eigenvalue weighted by molar-refractivity contribution is 0.0447. The van der Waals surface area contributed by atoms with E-state index in [-0.39, 0.29) is 0 Å². The Morgan fingerprint density at radius 3 is 2.40 bits per heavy atom. The summed E-state index contributed by atoms with van der Waals surface area (Å²) in [5.41, 5.74) is 0. The van der Waals surface area contributed by atoms with Gasteiger partial charge < -0.3 is 5.32 Å². The molecule has 3 atom stereocenters. The fourth-order valence-corrected chi connectivity index (χ4v) is 5.22. The lowest BCUT2D eigenvalue weighted by Crippen LogP contribution is -2.53. The molecule has 0 radical (unpaired) electrons. The summed E-state index contributed by atoms with van der Waals surface area (Å²) in [4.78, 5) is 2.88. The molecule has 1 saturated heterocycles. The highest BCUT2D eigenvalue weighted by Gasteiger charge is 2.35. The van der Waals surface area contributed by atoms with Gasteiger partial charge >= 0.3 is 0 Å². The van der Waals surface area contributed by atoms with Gasteiger partial charge in [-0.05, 0) is 64.0 Å². The molecule has 0 aromatic carbocycles. The quantitative estimate of drug-likeness (QED) is 0.841. The first kappa shape index (κ1) is 14.8. The summed E-state index contributed by atoms with van der Waals surface area (Å²) in [5.74, 6) is 1.97. The van der Waals surface area contributed by atoms with Gasteiger partial charge in [0.15, 0.2) is 0 Å². The van der Waals surface area contributed by atoms with Crippen molar-refractivity contribution in [3.8, 4) is 0 Å². The van der Waals surface area contributed by atoms with Crippen LogP contribution in [0, 0.1) is 11.8 Å². The van der Waals surface area contributed by atoms with E-state index in [4.69, 9.17) is 0 Å². The molecule has 3 aliphatic rings. The zero-order chi connectivity index (χ0) is 13.8. The molecule has 1 N–H and O–H groups in total. The number of likely N-dealkylation sites (tertiary alicyclic amines) is 1. The third kappa shape index (κ3) is 3.39. The van der Waals surface area contributed by atoms with Gasteiger partial charge in [-0.1, -0.05) is 32.1 Å². The van der Waals surface area contributed by atoms with Crippen molar-refractivity contribution in [2.75, 3.05) is 20.1 Å². The van der Waals surface area contributed by atoms with Crippen LogP contribution in [0.1, 0.15) is 70.6 Å². The molecule has 3 fully saturated rings. The molecule has 0 amide bonds. The molecule has 0 spiro atoms. The van der Waals surface area contributed by atoms with Crippen LogP contribution >= 0.6 is 0 Å². The van der Waals surface area contributed by atoms with Crippen molar-refractivity contribution in [3.05, 3.63) is 0 Å². The van der Waals surface area contributed by atoms with Gasteiger partial charge in [0.2, 0.25) is 0 Å². The highest BCUT2D eigenvalue weighted by molar-refractivity contribution is 4.90. The fraction of sp³-hybridized carbons (Fsp3) is 1.00. The van der Waals surface area contributed by atoms with Crippen molar-refractivity contribution < 1.29 is 0 Å². The van der Waals surface area contributed by atoms with E-state index in [2.05, 4.69) is 17.3 Å². The van der Waals surface area contributed by atoms with Crippen molar-refractivity contribution in [1.29, 1.82) is 0 Å². The Bertz CT molecular complexity index is 283. The lowest BCUT2D eigenvalue weighted by Gasteiger charge is -2.46. The van der Waals surface area contributed by atoms with Crippen LogP contribution in [0.15, 0.2) is 0 Å². The SMILES string of the molecule is CNC(CN1CCCC2CCCCC21)C1CCCCC1. The first-order chi connectivity index (χ1) is 9.88. The van der Waals surface area contributed by atoms with Crippen molar-refractivity contribution in [1.82, 2.24) is 10.2 Å². The number of likely N-dealkylation sites (N-methyl/N-ethyl adjacent to an activating group) is 1. The van der Waals surface area contributed by atoms with Crippen LogP contribution in [0.2, 0.25) is 0 Å².